The Morgan fingerprint density at radius 1 is 1.29 bits per heavy atom. The van der Waals surface area contributed by atoms with Crippen LogP contribution < -0.4 is 10.2 Å². The minimum atomic E-state index is -4.45. The molecular weight excluding hydrogens is 284 g/mol. The Hall–Kier alpha value is -1.30. The molecule has 0 bridgehead atoms. The minimum absolute atomic E-state index is 0.0417. The van der Waals surface area contributed by atoms with Gasteiger partial charge in [-0.25, -0.2) is 4.39 Å². The van der Waals surface area contributed by atoms with Crippen LogP contribution in [0.25, 0.3) is 0 Å². The molecule has 0 amide bonds. The molecular formula is C15H20F4N2. The normalized spacial score (nSPS) is 20.1. The molecule has 0 aliphatic carbocycles. The van der Waals surface area contributed by atoms with Gasteiger partial charge >= 0.3 is 6.18 Å². The average Bonchev–Trinajstić information content (AvgIpc) is 2.37. The Bertz CT molecular complexity index is 485. The van der Waals surface area contributed by atoms with E-state index in [9.17, 15) is 17.6 Å². The molecule has 1 saturated heterocycles. The second-order valence-corrected chi connectivity index (χ2v) is 5.77. The fourth-order valence-electron chi connectivity index (χ4n) is 2.73. The number of benzene rings is 1. The maximum absolute atomic E-state index is 13.9. The van der Waals surface area contributed by atoms with Gasteiger partial charge in [-0.05, 0) is 31.0 Å². The van der Waals surface area contributed by atoms with Crippen molar-refractivity contribution in [2.24, 2.45) is 0 Å². The van der Waals surface area contributed by atoms with Gasteiger partial charge in [-0.3, -0.25) is 0 Å². The lowest BCUT2D eigenvalue weighted by molar-refractivity contribution is -0.137. The molecule has 118 valence electrons. The van der Waals surface area contributed by atoms with E-state index in [2.05, 4.69) is 5.32 Å². The summed E-state index contributed by atoms with van der Waals surface area (Å²) in [7, 11) is 0. The lowest BCUT2D eigenvalue weighted by Gasteiger charge is -2.36. The molecule has 0 saturated carbocycles. The van der Waals surface area contributed by atoms with Gasteiger partial charge in [-0.1, -0.05) is 13.8 Å². The average molecular weight is 304 g/mol. The van der Waals surface area contributed by atoms with Gasteiger partial charge < -0.3 is 10.2 Å². The van der Waals surface area contributed by atoms with Gasteiger partial charge in [0, 0.05) is 25.2 Å². The molecule has 1 aromatic carbocycles. The fraction of sp³-hybridized carbons (Fsp3) is 0.600. The number of nitrogens with zero attached hydrogens (tertiary/aromatic N) is 1. The molecule has 1 atom stereocenters. The van der Waals surface area contributed by atoms with Crippen LogP contribution in [0.15, 0.2) is 18.2 Å². The van der Waals surface area contributed by atoms with E-state index in [4.69, 9.17) is 0 Å². The van der Waals surface area contributed by atoms with Crippen LogP contribution in [-0.4, -0.2) is 25.2 Å². The minimum Gasteiger partial charge on any atom is -0.368 e. The lowest BCUT2D eigenvalue weighted by atomic mass is 10.0. The van der Waals surface area contributed by atoms with Gasteiger partial charge in [-0.15, -0.1) is 0 Å². The number of anilines is 1. The SMILES string of the molecule is CC(C)NC1CCCN(c2cc(C(F)(F)F)ccc2F)C1. The lowest BCUT2D eigenvalue weighted by Crippen LogP contribution is -2.48. The van der Waals surface area contributed by atoms with Gasteiger partial charge in [-0.2, -0.15) is 13.2 Å². The third kappa shape index (κ3) is 4.09. The Kier molecular flexibility index (Phi) is 4.76. The highest BCUT2D eigenvalue weighted by Gasteiger charge is 2.32. The molecule has 0 spiro atoms. The summed E-state index contributed by atoms with van der Waals surface area (Å²) >= 11 is 0. The first-order valence-electron chi connectivity index (χ1n) is 7.15. The quantitative estimate of drug-likeness (QED) is 0.854. The molecule has 21 heavy (non-hydrogen) atoms. The summed E-state index contributed by atoms with van der Waals surface area (Å²) in [5.41, 5.74) is -0.766. The second kappa shape index (κ2) is 6.22. The highest BCUT2D eigenvalue weighted by Crippen LogP contribution is 2.33. The van der Waals surface area contributed by atoms with Crippen molar-refractivity contribution in [1.82, 2.24) is 5.32 Å². The van der Waals surface area contributed by atoms with Crippen LogP contribution >= 0.6 is 0 Å². The van der Waals surface area contributed by atoms with Crippen LogP contribution in [0, 0.1) is 5.82 Å². The third-order valence-corrected chi connectivity index (χ3v) is 3.60. The zero-order chi connectivity index (χ0) is 15.6. The summed E-state index contributed by atoms with van der Waals surface area (Å²) in [6.07, 6.45) is -2.66. The first kappa shape index (κ1) is 16.1. The summed E-state index contributed by atoms with van der Waals surface area (Å²) in [4.78, 5) is 1.70. The monoisotopic (exact) mass is 304 g/mol. The van der Waals surface area contributed by atoms with Crippen molar-refractivity contribution in [3.63, 3.8) is 0 Å². The first-order valence-corrected chi connectivity index (χ1v) is 7.15. The maximum Gasteiger partial charge on any atom is 0.416 e. The number of nitrogens with one attached hydrogen (secondary N) is 1. The van der Waals surface area contributed by atoms with Gasteiger partial charge in [0.25, 0.3) is 0 Å². The van der Waals surface area contributed by atoms with Crippen LogP contribution in [0.2, 0.25) is 0 Å². The predicted octanol–water partition coefficient (Wildman–Crippen LogP) is 3.81. The highest BCUT2D eigenvalue weighted by atomic mass is 19.4. The van der Waals surface area contributed by atoms with Crippen molar-refractivity contribution in [2.75, 3.05) is 18.0 Å². The molecule has 2 rings (SSSR count). The number of halogens is 4. The molecule has 1 aliphatic rings. The van der Waals surface area contributed by atoms with E-state index in [-0.39, 0.29) is 11.7 Å². The Morgan fingerprint density at radius 3 is 2.62 bits per heavy atom. The summed E-state index contributed by atoms with van der Waals surface area (Å²) in [6, 6.07) is 3.06. The van der Waals surface area contributed by atoms with Crippen molar-refractivity contribution >= 4 is 5.69 Å². The van der Waals surface area contributed by atoms with Crippen molar-refractivity contribution in [3.8, 4) is 0 Å². The van der Waals surface area contributed by atoms with Crippen LogP contribution in [0.5, 0.6) is 0 Å². The molecule has 1 N–H and O–H groups in total. The summed E-state index contributed by atoms with van der Waals surface area (Å²) in [5.74, 6) is -0.604. The van der Waals surface area contributed by atoms with E-state index in [0.29, 0.717) is 19.1 Å². The van der Waals surface area contributed by atoms with Crippen LogP contribution in [0.1, 0.15) is 32.3 Å². The van der Waals surface area contributed by atoms with Crippen molar-refractivity contribution in [2.45, 2.75) is 44.9 Å². The smallest absolute Gasteiger partial charge is 0.368 e. The van der Waals surface area contributed by atoms with E-state index in [1.807, 2.05) is 13.8 Å². The van der Waals surface area contributed by atoms with Gasteiger partial charge in [0.1, 0.15) is 5.82 Å². The van der Waals surface area contributed by atoms with Crippen molar-refractivity contribution < 1.29 is 17.6 Å². The van der Waals surface area contributed by atoms with E-state index < -0.39 is 17.6 Å². The summed E-state index contributed by atoms with van der Waals surface area (Å²) in [5, 5.41) is 3.36. The molecule has 1 unspecified atom stereocenters. The van der Waals surface area contributed by atoms with Crippen LogP contribution in [-0.2, 0) is 6.18 Å². The Morgan fingerprint density at radius 2 is 2.00 bits per heavy atom. The number of rotatable bonds is 3. The molecule has 1 fully saturated rings. The molecule has 1 aliphatic heterocycles. The summed E-state index contributed by atoms with van der Waals surface area (Å²) in [6.45, 7) is 5.14. The zero-order valence-electron chi connectivity index (χ0n) is 12.2. The van der Waals surface area contributed by atoms with Crippen molar-refractivity contribution in [1.29, 1.82) is 0 Å². The standard InChI is InChI=1S/C15H20F4N2/c1-10(2)20-12-4-3-7-21(9-12)14-8-11(15(17,18)19)5-6-13(14)16/h5-6,8,10,12,20H,3-4,7,9H2,1-2H3. The predicted molar refractivity (Wildman–Crippen MR) is 74.9 cm³/mol. The van der Waals surface area contributed by atoms with E-state index in [1.165, 1.54) is 0 Å². The number of hydrogen-bond donors (Lipinski definition) is 1. The van der Waals surface area contributed by atoms with E-state index >= 15 is 0 Å². The largest absolute Gasteiger partial charge is 0.416 e. The fourth-order valence-corrected chi connectivity index (χ4v) is 2.73. The summed E-state index contributed by atoms with van der Waals surface area (Å²) < 4.78 is 52.2. The zero-order valence-corrected chi connectivity index (χ0v) is 12.2. The van der Waals surface area contributed by atoms with E-state index in [0.717, 1.165) is 31.0 Å². The Balaban J connectivity index is 2.20. The number of alkyl halides is 3. The molecule has 1 heterocycles. The topological polar surface area (TPSA) is 15.3 Å². The molecule has 0 aromatic heterocycles. The highest BCUT2D eigenvalue weighted by molar-refractivity contribution is 5.51. The molecule has 2 nitrogen and oxygen atoms in total. The van der Waals surface area contributed by atoms with E-state index in [1.54, 1.807) is 4.90 Å². The van der Waals surface area contributed by atoms with Crippen LogP contribution in [0.3, 0.4) is 0 Å². The third-order valence-electron chi connectivity index (χ3n) is 3.60. The number of piperidine rings is 1. The van der Waals surface area contributed by atoms with Gasteiger partial charge in [0.15, 0.2) is 0 Å². The first-order chi connectivity index (χ1) is 9.77. The van der Waals surface area contributed by atoms with Crippen molar-refractivity contribution in [3.05, 3.63) is 29.6 Å². The van der Waals surface area contributed by atoms with Gasteiger partial charge in [0.2, 0.25) is 0 Å². The molecule has 6 heteroatoms. The molecule has 1 aromatic rings. The van der Waals surface area contributed by atoms with Crippen LogP contribution in [0.4, 0.5) is 23.2 Å². The van der Waals surface area contributed by atoms with Gasteiger partial charge in [0.05, 0.1) is 11.3 Å². The number of hydrogen-bond acceptors (Lipinski definition) is 2. The Labute approximate surface area is 122 Å². The maximum atomic E-state index is 13.9. The second-order valence-electron chi connectivity index (χ2n) is 5.77. The molecule has 0 radical (unpaired) electrons.